The number of benzene rings is 3. The highest BCUT2D eigenvalue weighted by molar-refractivity contribution is 5.85. The van der Waals surface area contributed by atoms with Gasteiger partial charge in [-0.05, 0) is 52.0 Å². The molecule has 1 amide bonds. The topological polar surface area (TPSA) is 66.9 Å². The highest BCUT2D eigenvalue weighted by atomic mass is 19.2. The molecule has 0 atom stereocenters. The molecule has 0 heterocycles. The minimum absolute atomic E-state index is 0.316. The van der Waals surface area contributed by atoms with E-state index in [0.717, 1.165) is 12.1 Å². The van der Waals surface area contributed by atoms with Gasteiger partial charge in [0.2, 0.25) is 5.91 Å². The van der Waals surface area contributed by atoms with E-state index in [0.29, 0.717) is 11.1 Å². The summed E-state index contributed by atoms with van der Waals surface area (Å²) in [6.07, 6.45) is 0. The van der Waals surface area contributed by atoms with Crippen molar-refractivity contribution in [1.82, 2.24) is 0 Å². The Morgan fingerprint density at radius 2 is 1.03 bits per heavy atom. The van der Waals surface area contributed by atoms with E-state index >= 15 is 0 Å². The summed E-state index contributed by atoms with van der Waals surface area (Å²) in [4.78, 5) is 11.0. The second kappa shape index (κ2) is 11.8. The van der Waals surface area contributed by atoms with Crippen LogP contribution in [0.2, 0.25) is 0 Å². The zero-order valence-electron chi connectivity index (χ0n) is 18.9. The third-order valence-electron chi connectivity index (χ3n) is 4.81. The van der Waals surface area contributed by atoms with E-state index in [1.807, 2.05) is 0 Å². The largest absolute Gasteiger partial charge is 0.369 e. The van der Waals surface area contributed by atoms with Crippen LogP contribution >= 0.6 is 0 Å². The second-order valence-corrected chi connectivity index (χ2v) is 8.10. The maximum Gasteiger partial charge on any atom is 0.227 e. The zero-order valence-corrected chi connectivity index (χ0v) is 18.9. The van der Waals surface area contributed by atoms with Crippen LogP contribution in [0.25, 0.3) is 0 Å². The molecule has 2 N–H and O–H groups in total. The first-order valence-electron chi connectivity index (χ1n) is 9.95. The van der Waals surface area contributed by atoms with Crippen molar-refractivity contribution in [2.75, 3.05) is 0 Å². The van der Waals surface area contributed by atoms with Crippen LogP contribution < -0.4 is 5.73 Å². The average molecular weight is 458 g/mol. The summed E-state index contributed by atoms with van der Waals surface area (Å²) in [7, 11) is 0. The molecule has 0 saturated heterocycles. The van der Waals surface area contributed by atoms with Crippen molar-refractivity contribution >= 4 is 5.91 Å². The Kier molecular flexibility index (Phi) is 9.80. The van der Waals surface area contributed by atoms with E-state index in [1.165, 1.54) is 24.3 Å². The number of nitrogens with two attached hydrogens (primary N) is 1. The van der Waals surface area contributed by atoms with Gasteiger partial charge in [0.15, 0.2) is 11.6 Å². The maximum absolute atomic E-state index is 13.2. The number of nitrogens with zero attached hydrogens (tertiary/aromatic N) is 1. The molecule has 3 aromatic carbocycles. The van der Waals surface area contributed by atoms with Crippen LogP contribution in [0.4, 0.5) is 17.6 Å². The zero-order chi connectivity index (χ0) is 25.2. The quantitative estimate of drug-likeness (QED) is 0.476. The lowest BCUT2D eigenvalue weighted by atomic mass is 9.84. The van der Waals surface area contributed by atoms with Crippen molar-refractivity contribution in [3.05, 3.63) is 107 Å². The number of nitriles is 1. The summed E-state index contributed by atoms with van der Waals surface area (Å²) < 4.78 is 50.2. The first-order chi connectivity index (χ1) is 15.3. The minimum Gasteiger partial charge on any atom is -0.369 e. The van der Waals surface area contributed by atoms with Crippen LogP contribution in [0.1, 0.15) is 38.8 Å². The normalized spacial score (nSPS) is 10.6. The molecule has 3 rings (SSSR count). The molecule has 3 aromatic rings. The first-order valence-corrected chi connectivity index (χ1v) is 9.95. The molecule has 0 aliphatic carbocycles. The Hall–Kier alpha value is -3.66. The predicted octanol–water partition coefficient (Wildman–Crippen LogP) is 6.18. The van der Waals surface area contributed by atoms with Gasteiger partial charge in [-0.25, -0.2) is 17.6 Å². The molecule has 0 bridgehead atoms. The van der Waals surface area contributed by atoms with E-state index in [2.05, 4.69) is 6.07 Å². The summed E-state index contributed by atoms with van der Waals surface area (Å²) >= 11 is 0. The molecule has 0 spiro atoms. The van der Waals surface area contributed by atoms with Gasteiger partial charge in [-0.2, -0.15) is 5.26 Å². The molecule has 7 heteroatoms. The summed E-state index contributed by atoms with van der Waals surface area (Å²) in [6.45, 7) is 6.61. The van der Waals surface area contributed by atoms with Crippen molar-refractivity contribution in [1.29, 1.82) is 5.26 Å². The Bertz CT molecular complexity index is 1100. The monoisotopic (exact) mass is 458 g/mol. The molecule has 0 unspecified atom stereocenters. The highest BCUT2D eigenvalue weighted by Crippen LogP contribution is 2.25. The van der Waals surface area contributed by atoms with Gasteiger partial charge in [0.1, 0.15) is 11.6 Å². The number of primary amides is 1. The van der Waals surface area contributed by atoms with Gasteiger partial charge in [-0.1, -0.05) is 48.5 Å². The van der Waals surface area contributed by atoms with E-state index in [-0.39, 0.29) is 5.82 Å². The summed E-state index contributed by atoms with van der Waals surface area (Å²) in [5, 5.41) is 8.76. The molecule has 0 fully saturated rings. The van der Waals surface area contributed by atoms with Gasteiger partial charge in [-0.15, -0.1) is 0 Å². The Labute approximate surface area is 191 Å². The third kappa shape index (κ3) is 7.76. The van der Waals surface area contributed by atoms with Crippen molar-refractivity contribution < 1.29 is 22.4 Å². The summed E-state index contributed by atoms with van der Waals surface area (Å²) in [5.41, 5.74) is 4.25. The Morgan fingerprint density at radius 1 is 0.697 bits per heavy atom. The predicted molar refractivity (Wildman–Crippen MR) is 120 cm³/mol. The number of hydrogen-bond donors (Lipinski definition) is 1. The molecule has 0 radical (unpaired) electrons. The lowest BCUT2D eigenvalue weighted by Crippen LogP contribution is -2.36. The van der Waals surface area contributed by atoms with E-state index in [4.69, 9.17) is 11.0 Å². The number of amides is 1. The summed E-state index contributed by atoms with van der Waals surface area (Å²) in [6, 6.07) is 19.6. The van der Waals surface area contributed by atoms with Gasteiger partial charge in [-0.3, -0.25) is 4.79 Å². The van der Waals surface area contributed by atoms with Crippen molar-refractivity contribution in [2.45, 2.75) is 38.5 Å². The Morgan fingerprint density at radius 3 is 1.33 bits per heavy atom. The number of hydrogen-bond acceptors (Lipinski definition) is 2. The number of carbonyl (C=O) groups is 1. The first kappa shape index (κ1) is 27.4. The van der Waals surface area contributed by atoms with Crippen molar-refractivity contribution in [3.8, 4) is 6.07 Å². The van der Waals surface area contributed by atoms with Crippen LogP contribution in [0.3, 0.4) is 0 Å². The lowest BCUT2D eigenvalue weighted by molar-refractivity contribution is -0.122. The second-order valence-electron chi connectivity index (χ2n) is 8.10. The average Bonchev–Trinajstić information content (AvgIpc) is 2.77. The van der Waals surface area contributed by atoms with Crippen LogP contribution in [-0.2, 0) is 15.6 Å². The smallest absolute Gasteiger partial charge is 0.227 e. The fraction of sp³-hybridized carbons (Fsp3) is 0.231. The molecule has 0 saturated carbocycles. The number of rotatable bonds is 3. The number of carbonyl (C=O) groups excluding carboxylic acids is 1. The third-order valence-corrected chi connectivity index (χ3v) is 4.81. The summed E-state index contributed by atoms with van der Waals surface area (Å²) in [5.74, 6) is -2.84. The Balaban J connectivity index is 0.000000254. The van der Waals surface area contributed by atoms with Gasteiger partial charge in [0, 0.05) is 11.1 Å². The molecule has 0 aliphatic rings. The van der Waals surface area contributed by atoms with E-state index in [9.17, 15) is 22.4 Å². The van der Waals surface area contributed by atoms with E-state index in [1.54, 1.807) is 64.1 Å². The van der Waals surface area contributed by atoms with Crippen molar-refractivity contribution in [3.63, 3.8) is 0 Å². The van der Waals surface area contributed by atoms with Gasteiger partial charge in [0.05, 0.1) is 16.9 Å². The van der Waals surface area contributed by atoms with Gasteiger partial charge >= 0.3 is 0 Å². The van der Waals surface area contributed by atoms with Crippen molar-refractivity contribution in [2.24, 2.45) is 5.73 Å². The maximum atomic E-state index is 13.2. The standard InChI is InChI=1S/C10H12FNO.C10H10FN.C6H4F2/c1-10(2,9(12)13)7-5-3-4-6-8(7)11;1-10(2,7-12)8-5-3-4-6-9(8)11;7-5-3-1-2-4-6(5)8/h3-6H,1-2H3,(H2,12,13);3-6H,1-2H3;1-4H. The highest BCUT2D eigenvalue weighted by Gasteiger charge is 2.29. The molecule has 174 valence electrons. The molecule has 3 nitrogen and oxygen atoms in total. The fourth-order valence-corrected chi connectivity index (χ4v) is 2.57. The van der Waals surface area contributed by atoms with Crippen LogP contribution in [0, 0.1) is 34.6 Å². The van der Waals surface area contributed by atoms with Gasteiger partial charge < -0.3 is 5.73 Å². The van der Waals surface area contributed by atoms with E-state index < -0.39 is 34.2 Å². The molecular weight excluding hydrogens is 432 g/mol. The lowest BCUT2D eigenvalue weighted by Gasteiger charge is -2.21. The van der Waals surface area contributed by atoms with Crippen LogP contribution in [-0.4, -0.2) is 5.91 Å². The van der Waals surface area contributed by atoms with Crippen LogP contribution in [0.15, 0.2) is 72.8 Å². The van der Waals surface area contributed by atoms with Crippen LogP contribution in [0.5, 0.6) is 0 Å². The molecule has 0 aromatic heterocycles. The minimum atomic E-state index is -0.953. The molecule has 0 aliphatic heterocycles. The number of halogens is 4. The SMILES string of the molecule is CC(C)(C#N)c1ccccc1F.CC(C)(C(N)=O)c1ccccc1F.Fc1ccccc1F. The van der Waals surface area contributed by atoms with Gasteiger partial charge in [0.25, 0.3) is 0 Å². The molecular formula is C26H26F4N2O. The fourth-order valence-electron chi connectivity index (χ4n) is 2.57. The molecule has 33 heavy (non-hydrogen) atoms.